The molecule has 0 spiro atoms. The highest BCUT2D eigenvalue weighted by Crippen LogP contribution is 2.11. The summed E-state index contributed by atoms with van der Waals surface area (Å²) in [6, 6.07) is 0. The molecular formula is C18H33NO3. The molecule has 0 aliphatic carbocycles. The fourth-order valence-corrected chi connectivity index (χ4v) is 2.41. The van der Waals surface area contributed by atoms with Crippen molar-refractivity contribution in [2.45, 2.75) is 70.3 Å². The summed E-state index contributed by atoms with van der Waals surface area (Å²) in [6.07, 6.45) is 14.5. The summed E-state index contributed by atoms with van der Waals surface area (Å²) in [7, 11) is 0. The Bertz CT molecular complexity index is 290. The van der Waals surface area contributed by atoms with Crippen molar-refractivity contribution in [3.63, 3.8) is 0 Å². The first-order valence-corrected chi connectivity index (χ1v) is 8.92. The van der Waals surface area contributed by atoms with Crippen LogP contribution in [0.25, 0.3) is 0 Å². The third kappa shape index (κ3) is 12.8. The molecule has 1 saturated heterocycles. The van der Waals surface area contributed by atoms with E-state index in [1.54, 1.807) is 0 Å². The molecule has 22 heavy (non-hydrogen) atoms. The summed E-state index contributed by atoms with van der Waals surface area (Å²) in [4.78, 5) is 10.9. The lowest BCUT2D eigenvalue weighted by Gasteiger charge is -2.04. The SMILES string of the molecule is C=CC(=O)NCCCCCCCCCCCCOCC1CO1. The van der Waals surface area contributed by atoms with Gasteiger partial charge in [-0.3, -0.25) is 4.79 Å². The molecule has 0 aromatic rings. The van der Waals surface area contributed by atoms with Crippen LogP contribution in [0.3, 0.4) is 0 Å². The van der Waals surface area contributed by atoms with Crippen molar-refractivity contribution in [1.29, 1.82) is 0 Å². The molecule has 0 radical (unpaired) electrons. The van der Waals surface area contributed by atoms with Gasteiger partial charge in [-0.2, -0.15) is 0 Å². The summed E-state index contributed by atoms with van der Waals surface area (Å²) in [5.74, 6) is -0.0636. The number of epoxide rings is 1. The molecule has 1 N–H and O–H groups in total. The molecule has 4 heteroatoms. The molecule has 0 bridgehead atoms. The monoisotopic (exact) mass is 311 g/mol. The summed E-state index contributed by atoms with van der Waals surface area (Å²) >= 11 is 0. The Balaban J connectivity index is 1.64. The van der Waals surface area contributed by atoms with E-state index in [9.17, 15) is 4.79 Å². The van der Waals surface area contributed by atoms with Crippen molar-refractivity contribution in [2.75, 3.05) is 26.4 Å². The molecular weight excluding hydrogens is 278 g/mol. The lowest BCUT2D eigenvalue weighted by molar-refractivity contribution is -0.116. The molecule has 128 valence electrons. The Kier molecular flexibility index (Phi) is 12.0. The molecule has 1 aliphatic rings. The molecule has 1 rings (SSSR count). The first kappa shape index (κ1) is 19.2. The van der Waals surface area contributed by atoms with Crippen molar-refractivity contribution in [1.82, 2.24) is 5.32 Å². The van der Waals surface area contributed by atoms with E-state index >= 15 is 0 Å². The molecule has 1 unspecified atom stereocenters. The van der Waals surface area contributed by atoms with E-state index in [0.717, 1.165) is 32.8 Å². The molecule has 1 fully saturated rings. The first-order chi connectivity index (χ1) is 10.8. The number of carbonyl (C=O) groups excluding carboxylic acids is 1. The zero-order valence-corrected chi connectivity index (χ0v) is 14.0. The zero-order chi connectivity index (χ0) is 15.9. The normalized spacial score (nSPS) is 16.5. The first-order valence-electron chi connectivity index (χ1n) is 8.92. The summed E-state index contributed by atoms with van der Waals surface area (Å²) in [6.45, 7) is 6.78. The second-order valence-electron chi connectivity index (χ2n) is 6.06. The molecule has 1 amide bonds. The van der Waals surface area contributed by atoms with Gasteiger partial charge in [-0.1, -0.05) is 57.9 Å². The standard InChI is InChI=1S/C18H33NO3/c1-2-18(20)19-13-11-9-7-5-3-4-6-8-10-12-14-21-15-17-16-22-17/h2,17H,1,3-16H2,(H,19,20). The van der Waals surface area contributed by atoms with Gasteiger partial charge in [-0.25, -0.2) is 0 Å². The van der Waals surface area contributed by atoms with Crippen LogP contribution in [0.1, 0.15) is 64.2 Å². The molecule has 1 heterocycles. The van der Waals surface area contributed by atoms with Crippen LogP contribution in [0.15, 0.2) is 12.7 Å². The van der Waals surface area contributed by atoms with Crippen molar-refractivity contribution < 1.29 is 14.3 Å². The Morgan fingerprint density at radius 3 is 2.14 bits per heavy atom. The Labute approximate surface area is 135 Å². The number of unbranched alkanes of at least 4 members (excludes halogenated alkanes) is 9. The minimum Gasteiger partial charge on any atom is -0.379 e. The third-order valence-corrected chi connectivity index (χ3v) is 3.91. The number of hydrogen-bond donors (Lipinski definition) is 1. The lowest BCUT2D eigenvalue weighted by atomic mass is 10.1. The van der Waals surface area contributed by atoms with Crippen molar-refractivity contribution in [2.24, 2.45) is 0 Å². The Hall–Kier alpha value is -0.870. The van der Waals surface area contributed by atoms with Crippen LogP contribution in [0, 0.1) is 0 Å². The largest absolute Gasteiger partial charge is 0.379 e. The topological polar surface area (TPSA) is 50.9 Å². The van der Waals surface area contributed by atoms with E-state index in [-0.39, 0.29) is 5.91 Å². The lowest BCUT2D eigenvalue weighted by Crippen LogP contribution is -2.21. The summed E-state index contributed by atoms with van der Waals surface area (Å²) < 4.78 is 10.6. The van der Waals surface area contributed by atoms with Crippen molar-refractivity contribution in [3.8, 4) is 0 Å². The zero-order valence-electron chi connectivity index (χ0n) is 14.0. The Morgan fingerprint density at radius 1 is 1.05 bits per heavy atom. The highest BCUT2D eigenvalue weighted by molar-refractivity contribution is 5.86. The smallest absolute Gasteiger partial charge is 0.243 e. The van der Waals surface area contributed by atoms with Gasteiger partial charge in [-0.15, -0.1) is 0 Å². The van der Waals surface area contributed by atoms with Crippen LogP contribution in [0.4, 0.5) is 0 Å². The van der Waals surface area contributed by atoms with Crippen LogP contribution in [0.5, 0.6) is 0 Å². The molecule has 1 atom stereocenters. The number of nitrogens with one attached hydrogen (secondary N) is 1. The predicted molar refractivity (Wildman–Crippen MR) is 89.9 cm³/mol. The number of hydrogen-bond acceptors (Lipinski definition) is 3. The maximum Gasteiger partial charge on any atom is 0.243 e. The van der Waals surface area contributed by atoms with Crippen LogP contribution in [0.2, 0.25) is 0 Å². The highest BCUT2D eigenvalue weighted by atomic mass is 16.6. The van der Waals surface area contributed by atoms with Gasteiger partial charge < -0.3 is 14.8 Å². The van der Waals surface area contributed by atoms with Gasteiger partial charge >= 0.3 is 0 Å². The quantitative estimate of drug-likeness (QED) is 0.269. The summed E-state index contributed by atoms with van der Waals surface area (Å²) in [5.41, 5.74) is 0. The summed E-state index contributed by atoms with van der Waals surface area (Å²) in [5, 5.41) is 2.81. The molecule has 0 saturated carbocycles. The molecule has 0 aromatic heterocycles. The van der Waals surface area contributed by atoms with Gasteiger partial charge in [0.1, 0.15) is 6.10 Å². The van der Waals surface area contributed by atoms with Gasteiger partial charge in [0.05, 0.1) is 13.2 Å². The average Bonchev–Trinajstić information content (AvgIpc) is 3.35. The Morgan fingerprint density at radius 2 is 1.59 bits per heavy atom. The van der Waals surface area contributed by atoms with Crippen LogP contribution in [-0.4, -0.2) is 38.4 Å². The third-order valence-electron chi connectivity index (χ3n) is 3.91. The van der Waals surface area contributed by atoms with Gasteiger partial charge in [0.2, 0.25) is 5.91 Å². The van der Waals surface area contributed by atoms with E-state index < -0.39 is 0 Å². The van der Waals surface area contributed by atoms with E-state index in [2.05, 4.69) is 11.9 Å². The average molecular weight is 311 g/mol. The van der Waals surface area contributed by atoms with Crippen LogP contribution >= 0.6 is 0 Å². The fraction of sp³-hybridized carbons (Fsp3) is 0.833. The van der Waals surface area contributed by atoms with E-state index in [4.69, 9.17) is 9.47 Å². The number of rotatable bonds is 16. The fourth-order valence-electron chi connectivity index (χ4n) is 2.41. The number of ether oxygens (including phenoxy) is 2. The van der Waals surface area contributed by atoms with Gasteiger partial charge in [0.25, 0.3) is 0 Å². The maximum absolute atomic E-state index is 10.9. The van der Waals surface area contributed by atoms with Gasteiger partial charge in [0.15, 0.2) is 0 Å². The van der Waals surface area contributed by atoms with Crippen molar-refractivity contribution in [3.05, 3.63) is 12.7 Å². The molecule has 4 nitrogen and oxygen atoms in total. The van der Waals surface area contributed by atoms with E-state index in [1.807, 2.05) is 0 Å². The van der Waals surface area contributed by atoms with Crippen LogP contribution in [-0.2, 0) is 14.3 Å². The number of amides is 1. The van der Waals surface area contributed by atoms with E-state index in [0.29, 0.717) is 6.10 Å². The number of carbonyl (C=O) groups is 1. The predicted octanol–water partition coefficient (Wildman–Crippen LogP) is 3.61. The van der Waals surface area contributed by atoms with Gasteiger partial charge in [0, 0.05) is 13.2 Å². The second-order valence-corrected chi connectivity index (χ2v) is 6.06. The molecule has 0 aromatic carbocycles. The second kappa shape index (κ2) is 13.8. The van der Waals surface area contributed by atoms with Crippen molar-refractivity contribution >= 4 is 5.91 Å². The maximum atomic E-state index is 10.9. The van der Waals surface area contributed by atoms with E-state index in [1.165, 1.54) is 63.9 Å². The molecule has 1 aliphatic heterocycles. The highest BCUT2D eigenvalue weighted by Gasteiger charge is 2.21. The minimum absolute atomic E-state index is 0.0636. The minimum atomic E-state index is -0.0636. The van der Waals surface area contributed by atoms with Crippen LogP contribution < -0.4 is 5.32 Å². The van der Waals surface area contributed by atoms with Gasteiger partial charge in [-0.05, 0) is 18.9 Å².